The van der Waals surface area contributed by atoms with Crippen LogP contribution in [0.1, 0.15) is 36.6 Å². The van der Waals surface area contributed by atoms with Crippen LogP contribution in [0.15, 0.2) is 60.7 Å². The fourth-order valence-electron chi connectivity index (χ4n) is 3.34. The second-order valence-corrected chi connectivity index (χ2v) is 5.75. The number of rotatable bonds is 4. The molecule has 0 amide bonds. The maximum atomic E-state index is 3.65. The average Bonchev–Trinajstić information content (AvgIpc) is 2.58. The normalized spacial score (nSPS) is 21.1. The van der Waals surface area contributed by atoms with Crippen LogP contribution in [-0.4, -0.2) is 24.5 Å². The molecule has 1 aliphatic rings. The summed E-state index contributed by atoms with van der Waals surface area (Å²) in [6.07, 6.45) is 1.16. The zero-order valence-corrected chi connectivity index (χ0v) is 12.7. The summed E-state index contributed by atoms with van der Waals surface area (Å²) in [7, 11) is 0. The Morgan fingerprint density at radius 3 is 2.38 bits per heavy atom. The standard InChI is InChI=1S/C19H24N2/c1-2-19(17-11-7-4-8-12-17)21-14-13-20-18(15-21)16-9-5-3-6-10-16/h3-12,18-20H,2,13-15H2,1H3. The highest BCUT2D eigenvalue weighted by Crippen LogP contribution is 2.28. The minimum atomic E-state index is 0.442. The zero-order chi connectivity index (χ0) is 14.5. The minimum absolute atomic E-state index is 0.442. The summed E-state index contributed by atoms with van der Waals surface area (Å²) in [4.78, 5) is 2.63. The van der Waals surface area contributed by atoms with E-state index in [1.807, 2.05) is 0 Å². The minimum Gasteiger partial charge on any atom is -0.308 e. The molecule has 1 aliphatic heterocycles. The molecule has 3 rings (SSSR count). The Balaban J connectivity index is 1.76. The van der Waals surface area contributed by atoms with Crippen LogP contribution < -0.4 is 5.32 Å². The molecule has 2 atom stereocenters. The molecule has 1 fully saturated rings. The Morgan fingerprint density at radius 2 is 1.71 bits per heavy atom. The molecule has 0 aliphatic carbocycles. The number of nitrogens with zero attached hydrogens (tertiary/aromatic N) is 1. The van der Waals surface area contributed by atoms with E-state index in [0.29, 0.717) is 12.1 Å². The molecular formula is C19H24N2. The number of piperazine rings is 1. The van der Waals surface area contributed by atoms with Gasteiger partial charge in [0.15, 0.2) is 0 Å². The van der Waals surface area contributed by atoms with Gasteiger partial charge in [-0.15, -0.1) is 0 Å². The molecule has 0 aromatic heterocycles. The SMILES string of the molecule is CCC(c1ccccc1)N1CCNC(c2ccccc2)C1. The quantitative estimate of drug-likeness (QED) is 0.917. The zero-order valence-electron chi connectivity index (χ0n) is 12.7. The fourth-order valence-corrected chi connectivity index (χ4v) is 3.34. The van der Waals surface area contributed by atoms with Crippen LogP contribution in [0, 0.1) is 0 Å². The van der Waals surface area contributed by atoms with E-state index in [1.165, 1.54) is 11.1 Å². The highest BCUT2D eigenvalue weighted by Gasteiger charge is 2.26. The van der Waals surface area contributed by atoms with Gasteiger partial charge in [-0.2, -0.15) is 0 Å². The van der Waals surface area contributed by atoms with Crippen LogP contribution in [0.4, 0.5) is 0 Å². The van der Waals surface area contributed by atoms with Gasteiger partial charge in [-0.05, 0) is 17.5 Å². The van der Waals surface area contributed by atoms with E-state index in [1.54, 1.807) is 0 Å². The van der Waals surface area contributed by atoms with E-state index < -0.39 is 0 Å². The lowest BCUT2D eigenvalue weighted by molar-refractivity contribution is 0.140. The Hall–Kier alpha value is -1.64. The van der Waals surface area contributed by atoms with Crippen molar-refractivity contribution in [1.82, 2.24) is 10.2 Å². The molecule has 0 radical (unpaired) electrons. The van der Waals surface area contributed by atoms with Gasteiger partial charge in [0.05, 0.1) is 0 Å². The number of benzene rings is 2. The Kier molecular flexibility index (Phi) is 4.69. The lowest BCUT2D eigenvalue weighted by Crippen LogP contribution is -2.47. The molecule has 1 N–H and O–H groups in total. The van der Waals surface area contributed by atoms with Crippen molar-refractivity contribution in [2.45, 2.75) is 25.4 Å². The van der Waals surface area contributed by atoms with Gasteiger partial charge < -0.3 is 5.32 Å². The molecular weight excluding hydrogens is 256 g/mol. The van der Waals surface area contributed by atoms with Gasteiger partial charge in [-0.1, -0.05) is 67.6 Å². The highest BCUT2D eigenvalue weighted by molar-refractivity contribution is 5.22. The summed E-state index contributed by atoms with van der Waals surface area (Å²) in [5.74, 6) is 0. The predicted molar refractivity (Wildman–Crippen MR) is 88.2 cm³/mol. The molecule has 2 unspecified atom stereocenters. The van der Waals surface area contributed by atoms with Gasteiger partial charge in [0, 0.05) is 31.7 Å². The molecule has 2 aromatic rings. The Bertz CT molecular complexity index is 538. The molecule has 1 saturated heterocycles. The Labute approximate surface area is 127 Å². The van der Waals surface area contributed by atoms with Gasteiger partial charge in [0.25, 0.3) is 0 Å². The summed E-state index contributed by atoms with van der Waals surface area (Å²) >= 11 is 0. The maximum absolute atomic E-state index is 3.65. The smallest absolute Gasteiger partial charge is 0.0449 e. The highest BCUT2D eigenvalue weighted by atomic mass is 15.2. The van der Waals surface area contributed by atoms with Gasteiger partial charge in [0.2, 0.25) is 0 Å². The van der Waals surface area contributed by atoms with Crippen LogP contribution in [0.5, 0.6) is 0 Å². The summed E-state index contributed by atoms with van der Waals surface area (Å²) in [6.45, 7) is 5.55. The molecule has 0 bridgehead atoms. The maximum Gasteiger partial charge on any atom is 0.0449 e. The summed E-state index contributed by atoms with van der Waals surface area (Å²) < 4.78 is 0. The monoisotopic (exact) mass is 280 g/mol. The van der Waals surface area contributed by atoms with Crippen molar-refractivity contribution in [3.05, 3.63) is 71.8 Å². The molecule has 2 aromatic carbocycles. The van der Waals surface area contributed by atoms with Gasteiger partial charge >= 0.3 is 0 Å². The van der Waals surface area contributed by atoms with Crippen molar-refractivity contribution < 1.29 is 0 Å². The van der Waals surface area contributed by atoms with E-state index in [2.05, 4.69) is 77.8 Å². The molecule has 110 valence electrons. The summed E-state index contributed by atoms with van der Waals surface area (Å²) in [6, 6.07) is 22.7. The van der Waals surface area contributed by atoms with Crippen LogP contribution in [-0.2, 0) is 0 Å². The third-order valence-electron chi connectivity index (χ3n) is 4.42. The van der Waals surface area contributed by atoms with Crippen LogP contribution in [0.2, 0.25) is 0 Å². The molecule has 1 heterocycles. The predicted octanol–water partition coefficient (Wildman–Crippen LogP) is 3.78. The third kappa shape index (κ3) is 3.34. The molecule has 0 spiro atoms. The van der Waals surface area contributed by atoms with Crippen molar-refractivity contribution >= 4 is 0 Å². The van der Waals surface area contributed by atoms with E-state index in [-0.39, 0.29) is 0 Å². The van der Waals surface area contributed by atoms with Crippen molar-refractivity contribution in [1.29, 1.82) is 0 Å². The second kappa shape index (κ2) is 6.88. The third-order valence-corrected chi connectivity index (χ3v) is 4.42. The molecule has 0 saturated carbocycles. The summed E-state index contributed by atoms with van der Waals surface area (Å²) in [5.41, 5.74) is 2.83. The van der Waals surface area contributed by atoms with Crippen LogP contribution >= 0.6 is 0 Å². The first-order valence-electron chi connectivity index (χ1n) is 7.96. The topological polar surface area (TPSA) is 15.3 Å². The average molecular weight is 280 g/mol. The van der Waals surface area contributed by atoms with E-state index in [9.17, 15) is 0 Å². The number of hydrogen-bond donors (Lipinski definition) is 1. The Morgan fingerprint density at radius 1 is 1.05 bits per heavy atom. The molecule has 2 heteroatoms. The van der Waals surface area contributed by atoms with E-state index in [4.69, 9.17) is 0 Å². The van der Waals surface area contributed by atoms with Gasteiger partial charge in [0.1, 0.15) is 0 Å². The van der Waals surface area contributed by atoms with Crippen molar-refractivity contribution in [3.63, 3.8) is 0 Å². The lowest BCUT2D eigenvalue weighted by Gasteiger charge is -2.39. The van der Waals surface area contributed by atoms with Crippen molar-refractivity contribution in [3.8, 4) is 0 Å². The molecule has 2 nitrogen and oxygen atoms in total. The largest absolute Gasteiger partial charge is 0.308 e. The van der Waals surface area contributed by atoms with Crippen molar-refractivity contribution in [2.75, 3.05) is 19.6 Å². The van der Waals surface area contributed by atoms with E-state index >= 15 is 0 Å². The first kappa shape index (κ1) is 14.3. The fraction of sp³-hybridized carbons (Fsp3) is 0.368. The lowest BCUT2D eigenvalue weighted by atomic mass is 9.98. The first-order valence-corrected chi connectivity index (χ1v) is 7.96. The van der Waals surface area contributed by atoms with E-state index in [0.717, 1.165) is 26.1 Å². The second-order valence-electron chi connectivity index (χ2n) is 5.75. The first-order chi connectivity index (χ1) is 10.4. The van der Waals surface area contributed by atoms with Crippen LogP contribution in [0.25, 0.3) is 0 Å². The summed E-state index contributed by atoms with van der Waals surface area (Å²) in [5, 5.41) is 3.65. The number of hydrogen-bond acceptors (Lipinski definition) is 2. The van der Waals surface area contributed by atoms with Crippen molar-refractivity contribution in [2.24, 2.45) is 0 Å². The van der Waals surface area contributed by atoms with Crippen LogP contribution in [0.3, 0.4) is 0 Å². The molecule has 21 heavy (non-hydrogen) atoms. The van der Waals surface area contributed by atoms with Gasteiger partial charge in [-0.25, -0.2) is 0 Å². The number of nitrogens with one attached hydrogen (secondary N) is 1. The van der Waals surface area contributed by atoms with Gasteiger partial charge in [-0.3, -0.25) is 4.90 Å².